The van der Waals surface area contributed by atoms with Gasteiger partial charge in [0.15, 0.2) is 0 Å². The van der Waals surface area contributed by atoms with Gasteiger partial charge in [0.25, 0.3) is 0 Å². The SMILES string of the molecule is COCCn1ncc(Br)c1C(C)(O)c1ccc(C)c(C)c1. The van der Waals surface area contributed by atoms with E-state index in [9.17, 15) is 5.11 Å². The third kappa shape index (κ3) is 3.20. The van der Waals surface area contributed by atoms with Gasteiger partial charge in [0.2, 0.25) is 0 Å². The molecule has 2 rings (SSSR count). The molecule has 0 saturated heterocycles. The van der Waals surface area contributed by atoms with Crippen molar-refractivity contribution in [2.45, 2.75) is 32.9 Å². The van der Waals surface area contributed by atoms with Gasteiger partial charge in [0, 0.05) is 7.11 Å². The van der Waals surface area contributed by atoms with Crippen LogP contribution in [-0.4, -0.2) is 28.6 Å². The molecule has 0 amide bonds. The summed E-state index contributed by atoms with van der Waals surface area (Å²) in [6.45, 7) is 7.05. The van der Waals surface area contributed by atoms with Crippen LogP contribution in [0.1, 0.15) is 29.3 Å². The minimum atomic E-state index is -1.12. The summed E-state index contributed by atoms with van der Waals surface area (Å²) in [6.07, 6.45) is 1.71. The number of halogens is 1. The Morgan fingerprint density at radius 1 is 1.33 bits per heavy atom. The number of aryl methyl sites for hydroxylation is 2. The molecule has 0 saturated carbocycles. The van der Waals surface area contributed by atoms with Crippen LogP contribution >= 0.6 is 15.9 Å². The predicted octanol–water partition coefficient (Wildman–Crippen LogP) is 3.16. The van der Waals surface area contributed by atoms with Gasteiger partial charge in [-0.05, 0) is 53.4 Å². The Morgan fingerprint density at radius 2 is 2.05 bits per heavy atom. The average Bonchev–Trinajstić information content (AvgIpc) is 2.81. The topological polar surface area (TPSA) is 47.3 Å². The highest BCUT2D eigenvalue weighted by atomic mass is 79.9. The summed E-state index contributed by atoms with van der Waals surface area (Å²) in [4.78, 5) is 0. The number of benzene rings is 1. The molecule has 1 aromatic heterocycles. The first-order valence-corrected chi connectivity index (χ1v) is 7.68. The maximum Gasteiger partial charge on any atom is 0.129 e. The molecule has 0 fully saturated rings. The number of methoxy groups -OCH3 is 1. The summed E-state index contributed by atoms with van der Waals surface area (Å²) in [5.74, 6) is 0. The lowest BCUT2D eigenvalue weighted by atomic mass is 9.90. The lowest BCUT2D eigenvalue weighted by molar-refractivity contribution is 0.0874. The van der Waals surface area contributed by atoms with Crippen LogP contribution in [0.4, 0.5) is 0 Å². The fraction of sp³-hybridized carbons (Fsp3) is 0.438. The predicted molar refractivity (Wildman–Crippen MR) is 86.4 cm³/mol. The van der Waals surface area contributed by atoms with Gasteiger partial charge in [-0.3, -0.25) is 4.68 Å². The van der Waals surface area contributed by atoms with Gasteiger partial charge in [-0.25, -0.2) is 0 Å². The number of aromatic nitrogens is 2. The van der Waals surface area contributed by atoms with Crippen LogP contribution in [0.2, 0.25) is 0 Å². The van der Waals surface area contributed by atoms with Gasteiger partial charge in [-0.1, -0.05) is 18.2 Å². The van der Waals surface area contributed by atoms with E-state index in [-0.39, 0.29) is 0 Å². The second-order valence-corrected chi connectivity index (χ2v) is 6.28. The molecule has 2 aromatic rings. The minimum Gasteiger partial charge on any atom is -0.383 e. The third-order valence-corrected chi connectivity index (χ3v) is 4.41. The van der Waals surface area contributed by atoms with Crippen LogP contribution in [-0.2, 0) is 16.9 Å². The fourth-order valence-corrected chi connectivity index (χ4v) is 3.06. The maximum absolute atomic E-state index is 11.1. The van der Waals surface area contributed by atoms with Crippen molar-refractivity contribution in [1.29, 1.82) is 0 Å². The molecule has 5 heteroatoms. The van der Waals surface area contributed by atoms with Gasteiger partial charge >= 0.3 is 0 Å². The summed E-state index contributed by atoms with van der Waals surface area (Å²) < 4.78 is 7.68. The number of hydrogen-bond donors (Lipinski definition) is 1. The van der Waals surface area contributed by atoms with Crippen molar-refractivity contribution in [3.05, 3.63) is 51.3 Å². The molecular formula is C16H21BrN2O2. The van der Waals surface area contributed by atoms with Gasteiger partial charge < -0.3 is 9.84 Å². The number of aliphatic hydroxyl groups is 1. The van der Waals surface area contributed by atoms with Crippen LogP contribution < -0.4 is 0 Å². The number of hydrogen-bond acceptors (Lipinski definition) is 3. The zero-order chi connectivity index (χ0) is 15.6. The molecule has 1 atom stereocenters. The average molecular weight is 353 g/mol. The van der Waals surface area contributed by atoms with Crippen LogP contribution in [0.25, 0.3) is 0 Å². The summed E-state index contributed by atoms with van der Waals surface area (Å²) >= 11 is 3.49. The van der Waals surface area contributed by atoms with Crippen molar-refractivity contribution in [3.8, 4) is 0 Å². The quantitative estimate of drug-likeness (QED) is 0.898. The van der Waals surface area contributed by atoms with E-state index in [1.807, 2.05) is 25.1 Å². The molecule has 4 nitrogen and oxygen atoms in total. The highest BCUT2D eigenvalue weighted by Crippen LogP contribution is 2.34. The second kappa shape index (κ2) is 6.30. The molecule has 0 aliphatic rings. The van der Waals surface area contributed by atoms with Crippen molar-refractivity contribution in [2.75, 3.05) is 13.7 Å². The second-order valence-electron chi connectivity index (χ2n) is 5.43. The largest absolute Gasteiger partial charge is 0.383 e. The number of ether oxygens (including phenoxy) is 1. The van der Waals surface area contributed by atoms with E-state index >= 15 is 0 Å². The first-order valence-electron chi connectivity index (χ1n) is 6.88. The van der Waals surface area contributed by atoms with E-state index in [1.165, 1.54) is 5.56 Å². The first kappa shape index (κ1) is 16.2. The molecule has 1 heterocycles. The molecule has 0 aliphatic carbocycles. The van der Waals surface area contributed by atoms with Gasteiger partial charge in [-0.2, -0.15) is 5.10 Å². The van der Waals surface area contributed by atoms with Crippen molar-refractivity contribution < 1.29 is 9.84 Å². The standard InChI is InChI=1S/C16H21BrN2O2/c1-11-5-6-13(9-12(11)2)16(3,20)15-14(17)10-18-19(15)7-8-21-4/h5-6,9-10,20H,7-8H2,1-4H3. The summed E-state index contributed by atoms with van der Waals surface area (Å²) in [7, 11) is 1.65. The summed E-state index contributed by atoms with van der Waals surface area (Å²) in [5.41, 5.74) is 2.84. The molecular weight excluding hydrogens is 332 g/mol. The van der Waals surface area contributed by atoms with Crippen LogP contribution in [0, 0.1) is 13.8 Å². The normalized spacial score (nSPS) is 14.2. The van der Waals surface area contributed by atoms with Crippen molar-refractivity contribution in [3.63, 3.8) is 0 Å². The van der Waals surface area contributed by atoms with Crippen LogP contribution in [0.15, 0.2) is 28.9 Å². The molecule has 0 spiro atoms. The van der Waals surface area contributed by atoms with Crippen molar-refractivity contribution in [1.82, 2.24) is 9.78 Å². The van der Waals surface area contributed by atoms with Crippen molar-refractivity contribution in [2.24, 2.45) is 0 Å². The molecule has 1 aromatic carbocycles. The third-order valence-electron chi connectivity index (χ3n) is 3.83. The molecule has 1 unspecified atom stereocenters. The highest BCUT2D eigenvalue weighted by Gasteiger charge is 2.32. The molecule has 1 N–H and O–H groups in total. The van der Waals surface area contributed by atoms with Crippen molar-refractivity contribution >= 4 is 15.9 Å². The zero-order valence-electron chi connectivity index (χ0n) is 12.9. The summed E-state index contributed by atoms with van der Waals surface area (Å²) in [5, 5.41) is 15.4. The zero-order valence-corrected chi connectivity index (χ0v) is 14.4. The van der Waals surface area contributed by atoms with Gasteiger partial charge in [-0.15, -0.1) is 0 Å². The molecule has 0 radical (unpaired) electrons. The monoisotopic (exact) mass is 352 g/mol. The van der Waals surface area contributed by atoms with Gasteiger partial charge in [0.1, 0.15) is 5.60 Å². The Bertz CT molecular complexity index is 635. The highest BCUT2D eigenvalue weighted by molar-refractivity contribution is 9.10. The Kier molecular flexibility index (Phi) is 4.86. The number of nitrogens with zero attached hydrogens (tertiary/aromatic N) is 2. The first-order chi connectivity index (χ1) is 9.87. The van der Waals surface area contributed by atoms with E-state index < -0.39 is 5.60 Å². The maximum atomic E-state index is 11.1. The summed E-state index contributed by atoms with van der Waals surface area (Å²) in [6, 6.07) is 6.01. The lowest BCUT2D eigenvalue weighted by Gasteiger charge is -2.26. The fourth-order valence-electron chi connectivity index (χ4n) is 2.37. The van der Waals surface area contributed by atoms with Crippen LogP contribution in [0.3, 0.4) is 0 Å². The van der Waals surface area contributed by atoms with E-state index in [2.05, 4.69) is 28.0 Å². The molecule has 0 bridgehead atoms. The lowest BCUT2D eigenvalue weighted by Crippen LogP contribution is -2.28. The van der Waals surface area contributed by atoms with Crippen LogP contribution in [0.5, 0.6) is 0 Å². The van der Waals surface area contributed by atoms with E-state index in [0.717, 1.165) is 21.3 Å². The van der Waals surface area contributed by atoms with E-state index in [1.54, 1.807) is 24.9 Å². The van der Waals surface area contributed by atoms with Gasteiger partial charge in [0.05, 0.1) is 29.5 Å². The molecule has 21 heavy (non-hydrogen) atoms. The Labute approximate surface area is 133 Å². The smallest absolute Gasteiger partial charge is 0.129 e. The number of rotatable bonds is 5. The minimum absolute atomic E-state index is 0.546. The molecule has 0 aliphatic heterocycles. The Balaban J connectivity index is 2.47. The Hall–Kier alpha value is -1.17. The molecule has 114 valence electrons. The van der Waals surface area contributed by atoms with E-state index in [0.29, 0.717) is 13.2 Å². The van der Waals surface area contributed by atoms with E-state index in [4.69, 9.17) is 4.74 Å². The Morgan fingerprint density at radius 3 is 2.67 bits per heavy atom.